The van der Waals surface area contributed by atoms with Crippen LogP contribution in [0, 0.1) is 5.92 Å². The zero-order valence-corrected chi connectivity index (χ0v) is 13.2. The number of carbonyl (C=O) groups excluding carboxylic acids is 1. The lowest BCUT2D eigenvalue weighted by Crippen LogP contribution is -2.33. The molecule has 2 aromatic rings. The van der Waals surface area contributed by atoms with E-state index in [9.17, 15) is 4.79 Å². The molecule has 21 heavy (non-hydrogen) atoms. The van der Waals surface area contributed by atoms with Crippen LogP contribution < -0.4 is 10.6 Å². The SMILES string of the molecule is C=C(C)CC(C)C(=O)NCCNc1ncnc2sccc12. The van der Waals surface area contributed by atoms with E-state index in [0.717, 1.165) is 28.0 Å². The maximum Gasteiger partial charge on any atom is 0.223 e. The molecule has 1 atom stereocenters. The minimum absolute atomic E-state index is 0.0369. The van der Waals surface area contributed by atoms with Crippen LogP contribution in [0.3, 0.4) is 0 Å². The number of allylic oxidation sites excluding steroid dienone is 1. The quantitative estimate of drug-likeness (QED) is 0.610. The van der Waals surface area contributed by atoms with E-state index in [1.54, 1.807) is 17.7 Å². The topological polar surface area (TPSA) is 66.9 Å². The first kappa shape index (κ1) is 15.4. The summed E-state index contributed by atoms with van der Waals surface area (Å²) in [7, 11) is 0. The lowest BCUT2D eigenvalue weighted by molar-refractivity contribution is -0.124. The van der Waals surface area contributed by atoms with Crippen LogP contribution in [-0.2, 0) is 4.79 Å². The largest absolute Gasteiger partial charge is 0.368 e. The highest BCUT2D eigenvalue weighted by Gasteiger charge is 2.12. The summed E-state index contributed by atoms with van der Waals surface area (Å²) < 4.78 is 0. The van der Waals surface area contributed by atoms with Crippen molar-refractivity contribution in [2.45, 2.75) is 20.3 Å². The molecule has 0 saturated carbocycles. The van der Waals surface area contributed by atoms with Crippen molar-refractivity contribution >= 4 is 33.3 Å². The van der Waals surface area contributed by atoms with Gasteiger partial charge in [-0.25, -0.2) is 9.97 Å². The number of carbonyl (C=O) groups is 1. The summed E-state index contributed by atoms with van der Waals surface area (Å²) in [4.78, 5) is 21.3. The number of anilines is 1. The molecule has 6 heteroatoms. The van der Waals surface area contributed by atoms with Crippen LogP contribution in [0.4, 0.5) is 5.82 Å². The highest BCUT2D eigenvalue weighted by atomic mass is 32.1. The van der Waals surface area contributed by atoms with E-state index in [-0.39, 0.29) is 11.8 Å². The van der Waals surface area contributed by atoms with Gasteiger partial charge in [-0.15, -0.1) is 17.9 Å². The monoisotopic (exact) mass is 304 g/mol. The van der Waals surface area contributed by atoms with Gasteiger partial charge in [-0.2, -0.15) is 0 Å². The maximum atomic E-state index is 11.9. The molecule has 0 aliphatic carbocycles. The van der Waals surface area contributed by atoms with Crippen molar-refractivity contribution in [2.24, 2.45) is 5.92 Å². The van der Waals surface area contributed by atoms with Crippen molar-refractivity contribution in [2.75, 3.05) is 18.4 Å². The maximum absolute atomic E-state index is 11.9. The fourth-order valence-corrected chi connectivity index (χ4v) is 2.82. The van der Waals surface area contributed by atoms with Crippen molar-refractivity contribution in [1.29, 1.82) is 0 Å². The van der Waals surface area contributed by atoms with Gasteiger partial charge in [-0.3, -0.25) is 4.79 Å². The van der Waals surface area contributed by atoms with Gasteiger partial charge in [0.15, 0.2) is 0 Å². The Hall–Kier alpha value is -1.95. The van der Waals surface area contributed by atoms with Crippen molar-refractivity contribution in [3.63, 3.8) is 0 Å². The Morgan fingerprint density at radius 1 is 1.43 bits per heavy atom. The molecule has 0 aliphatic rings. The van der Waals surface area contributed by atoms with Gasteiger partial charge in [0.2, 0.25) is 5.91 Å². The summed E-state index contributed by atoms with van der Waals surface area (Å²) in [5.74, 6) is 0.832. The Morgan fingerprint density at radius 3 is 3.00 bits per heavy atom. The summed E-state index contributed by atoms with van der Waals surface area (Å²) in [5, 5.41) is 9.16. The number of fused-ring (bicyclic) bond motifs is 1. The Kier molecular flexibility index (Phi) is 5.27. The predicted octanol–water partition coefficient (Wildman–Crippen LogP) is 2.82. The fraction of sp³-hybridized carbons (Fsp3) is 0.400. The van der Waals surface area contributed by atoms with E-state index in [4.69, 9.17) is 0 Å². The molecule has 0 aliphatic heterocycles. The number of rotatable bonds is 7. The van der Waals surface area contributed by atoms with Crippen LogP contribution in [0.25, 0.3) is 10.2 Å². The van der Waals surface area contributed by atoms with Crippen molar-refractivity contribution in [3.05, 3.63) is 29.9 Å². The van der Waals surface area contributed by atoms with E-state index < -0.39 is 0 Å². The summed E-state index contributed by atoms with van der Waals surface area (Å²) in [6.07, 6.45) is 2.27. The third-order valence-corrected chi connectivity index (χ3v) is 3.90. The molecular formula is C15H20N4OS. The van der Waals surface area contributed by atoms with Gasteiger partial charge in [-0.1, -0.05) is 12.5 Å². The summed E-state index contributed by atoms with van der Waals surface area (Å²) in [6.45, 7) is 8.88. The lowest BCUT2D eigenvalue weighted by Gasteiger charge is -2.12. The molecule has 2 N–H and O–H groups in total. The van der Waals surface area contributed by atoms with Crippen LogP contribution in [0.5, 0.6) is 0 Å². The van der Waals surface area contributed by atoms with E-state index >= 15 is 0 Å². The average molecular weight is 304 g/mol. The van der Waals surface area contributed by atoms with E-state index in [0.29, 0.717) is 13.1 Å². The Labute approximate surface area is 128 Å². The van der Waals surface area contributed by atoms with Gasteiger partial charge in [0.25, 0.3) is 0 Å². The molecule has 0 spiro atoms. The first-order valence-electron chi connectivity index (χ1n) is 6.92. The first-order chi connectivity index (χ1) is 10.1. The zero-order chi connectivity index (χ0) is 15.2. The second-order valence-electron chi connectivity index (χ2n) is 5.14. The molecule has 2 aromatic heterocycles. The average Bonchev–Trinajstić information content (AvgIpc) is 2.91. The number of thiophene rings is 1. The first-order valence-corrected chi connectivity index (χ1v) is 7.80. The number of hydrogen-bond acceptors (Lipinski definition) is 5. The second-order valence-corrected chi connectivity index (χ2v) is 6.04. The predicted molar refractivity (Wildman–Crippen MR) is 87.5 cm³/mol. The van der Waals surface area contributed by atoms with Crippen molar-refractivity contribution in [3.8, 4) is 0 Å². The van der Waals surface area contributed by atoms with Crippen LogP contribution in [-0.4, -0.2) is 29.0 Å². The third-order valence-electron chi connectivity index (χ3n) is 3.08. The van der Waals surface area contributed by atoms with Gasteiger partial charge in [-0.05, 0) is 24.8 Å². The smallest absolute Gasteiger partial charge is 0.223 e. The Balaban J connectivity index is 1.78. The van der Waals surface area contributed by atoms with E-state index in [1.807, 2.05) is 25.3 Å². The Bertz CT molecular complexity index is 637. The zero-order valence-electron chi connectivity index (χ0n) is 12.3. The fourth-order valence-electron chi connectivity index (χ4n) is 2.09. The molecule has 0 fully saturated rings. The third kappa shape index (κ3) is 4.26. The normalized spacial score (nSPS) is 12.1. The van der Waals surface area contributed by atoms with Gasteiger partial charge < -0.3 is 10.6 Å². The number of nitrogens with zero attached hydrogens (tertiary/aromatic N) is 2. The van der Waals surface area contributed by atoms with Gasteiger partial charge in [0, 0.05) is 19.0 Å². The standard InChI is InChI=1S/C15H20N4OS/c1-10(2)8-11(3)14(20)17-6-5-16-13-12-4-7-21-15(12)19-9-18-13/h4,7,9,11H,1,5-6,8H2,2-3H3,(H,17,20)(H,16,18,19). The van der Waals surface area contributed by atoms with Crippen LogP contribution in [0.1, 0.15) is 20.3 Å². The molecule has 0 aromatic carbocycles. The molecule has 0 radical (unpaired) electrons. The molecule has 2 rings (SSSR count). The molecule has 1 amide bonds. The number of aromatic nitrogens is 2. The van der Waals surface area contributed by atoms with Crippen LogP contribution in [0.2, 0.25) is 0 Å². The molecular weight excluding hydrogens is 284 g/mol. The van der Waals surface area contributed by atoms with Gasteiger partial charge in [0.1, 0.15) is 17.0 Å². The van der Waals surface area contributed by atoms with Crippen LogP contribution in [0.15, 0.2) is 29.9 Å². The second kappa shape index (κ2) is 7.17. The molecule has 2 heterocycles. The lowest BCUT2D eigenvalue weighted by atomic mass is 10.0. The van der Waals surface area contributed by atoms with Crippen molar-refractivity contribution in [1.82, 2.24) is 15.3 Å². The summed E-state index contributed by atoms with van der Waals surface area (Å²) in [5.41, 5.74) is 1.02. The minimum atomic E-state index is -0.0369. The number of amides is 1. The van der Waals surface area contributed by atoms with Crippen molar-refractivity contribution < 1.29 is 4.79 Å². The highest BCUT2D eigenvalue weighted by Crippen LogP contribution is 2.23. The molecule has 0 saturated heterocycles. The molecule has 112 valence electrons. The van der Waals surface area contributed by atoms with E-state index in [1.165, 1.54) is 0 Å². The molecule has 0 bridgehead atoms. The van der Waals surface area contributed by atoms with Gasteiger partial charge in [0.05, 0.1) is 5.39 Å². The molecule has 5 nitrogen and oxygen atoms in total. The highest BCUT2D eigenvalue weighted by molar-refractivity contribution is 7.16. The van der Waals surface area contributed by atoms with Gasteiger partial charge >= 0.3 is 0 Å². The number of hydrogen-bond donors (Lipinski definition) is 2. The minimum Gasteiger partial charge on any atom is -0.368 e. The molecule has 1 unspecified atom stereocenters. The summed E-state index contributed by atoms with van der Waals surface area (Å²) in [6, 6.07) is 2.00. The summed E-state index contributed by atoms with van der Waals surface area (Å²) >= 11 is 1.59. The number of nitrogens with one attached hydrogen (secondary N) is 2. The van der Waals surface area contributed by atoms with E-state index in [2.05, 4.69) is 27.2 Å². The Morgan fingerprint density at radius 2 is 2.24 bits per heavy atom. The van der Waals surface area contributed by atoms with Crippen LogP contribution >= 0.6 is 11.3 Å².